The molecule has 1 aromatic heterocycles. The van der Waals surface area contributed by atoms with Gasteiger partial charge in [0.1, 0.15) is 0 Å². The van der Waals surface area contributed by atoms with Gasteiger partial charge in [-0.2, -0.15) is 0 Å². The van der Waals surface area contributed by atoms with Crippen LogP contribution >= 0.6 is 39.1 Å². The van der Waals surface area contributed by atoms with Gasteiger partial charge in [0.2, 0.25) is 0 Å². The first-order chi connectivity index (χ1) is 9.11. The minimum absolute atomic E-state index is 0.0755. The number of nitrogens with zero attached hydrogens (tertiary/aromatic N) is 1. The maximum absolute atomic E-state index is 6.21. The monoisotopic (exact) mass is 358 g/mol. The van der Waals surface area contributed by atoms with Crippen molar-refractivity contribution in [3.8, 4) is 0 Å². The van der Waals surface area contributed by atoms with Gasteiger partial charge in [-0.1, -0.05) is 23.2 Å². The summed E-state index contributed by atoms with van der Waals surface area (Å²) in [5.74, 6) is 0. The zero-order valence-corrected chi connectivity index (χ0v) is 13.4. The van der Waals surface area contributed by atoms with Crippen LogP contribution in [-0.2, 0) is 6.42 Å². The highest BCUT2D eigenvalue weighted by Gasteiger charge is 2.16. The number of hydrogen-bond donors (Lipinski definition) is 1. The molecule has 0 saturated heterocycles. The zero-order valence-electron chi connectivity index (χ0n) is 10.3. The first kappa shape index (κ1) is 14.8. The molecule has 0 spiro atoms. The SMILES string of the molecule is CNC(Cc1cc(Cl)ccc1Cl)c1ncccc1Br. The van der Waals surface area contributed by atoms with Crippen molar-refractivity contribution >= 4 is 39.1 Å². The van der Waals surface area contributed by atoms with Crippen LogP contribution in [0.1, 0.15) is 17.3 Å². The maximum Gasteiger partial charge on any atom is 0.0718 e. The second-order valence-corrected chi connectivity index (χ2v) is 5.85. The Kier molecular flexibility index (Phi) is 5.22. The first-order valence-electron chi connectivity index (χ1n) is 5.83. The molecule has 1 heterocycles. The smallest absolute Gasteiger partial charge is 0.0718 e. The Hall–Kier alpha value is -0.610. The minimum Gasteiger partial charge on any atom is -0.311 e. The molecule has 19 heavy (non-hydrogen) atoms. The lowest BCUT2D eigenvalue weighted by molar-refractivity contribution is 0.573. The number of aromatic nitrogens is 1. The predicted octanol–water partition coefficient (Wildman–Crippen LogP) is 4.65. The molecule has 0 aliphatic carbocycles. The summed E-state index contributed by atoms with van der Waals surface area (Å²) < 4.78 is 0.979. The molecule has 0 amide bonds. The molecule has 0 saturated carbocycles. The number of pyridine rings is 1. The highest BCUT2D eigenvalue weighted by Crippen LogP contribution is 2.28. The van der Waals surface area contributed by atoms with E-state index in [2.05, 4.69) is 26.2 Å². The Morgan fingerprint density at radius 1 is 1.32 bits per heavy atom. The topological polar surface area (TPSA) is 24.9 Å². The van der Waals surface area contributed by atoms with Crippen LogP contribution < -0.4 is 5.32 Å². The van der Waals surface area contributed by atoms with E-state index in [1.54, 1.807) is 12.3 Å². The second-order valence-electron chi connectivity index (χ2n) is 4.15. The van der Waals surface area contributed by atoms with Gasteiger partial charge in [0.15, 0.2) is 0 Å². The Morgan fingerprint density at radius 2 is 2.11 bits per heavy atom. The van der Waals surface area contributed by atoms with Gasteiger partial charge in [-0.25, -0.2) is 0 Å². The van der Waals surface area contributed by atoms with E-state index in [4.69, 9.17) is 23.2 Å². The molecule has 0 aliphatic rings. The van der Waals surface area contributed by atoms with Gasteiger partial charge in [0.25, 0.3) is 0 Å². The molecule has 0 radical (unpaired) electrons. The molecule has 0 fully saturated rings. The van der Waals surface area contributed by atoms with Crippen LogP contribution in [0, 0.1) is 0 Å². The fourth-order valence-electron chi connectivity index (χ4n) is 1.91. The summed E-state index contributed by atoms with van der Waals surface area (Å²) >= 11 is 15.7. The maximum atomic E-state index is 6.21. The van der Waals surface area contributed by atoms with Crippen molar-refractivity contribution in [3.05, 3.63) is 62.3 Å². The van der Waals surface area contributed by atoms with Crippen molar-refractivity contribution in [3.63, 3.8) is 0 Å². The van der Waals surface area contributed by atoms with E-state index in [0.29, 0.717) is 5.02 Å². The fraction of sp³-hybridized carbons (Fsp3) is 0.214. The van der Waals surface area contributed by atoms with Crippen LogP contribution in [0.4, 0.5) is 0 Å². The normalized spacial score (nSPS) is 12.4. The van der Waals surface area contributed by atoms with Gasteiger partial charge < -0.3 is 5.32 Å². The number of nitrogens with one attached hydrogen (secondary N) is 1. The Balaban J connectivity index is 2.29. The molecule has 0 bridgehead atoms. The lowest BCUT2D eigenvalue weighted by Gasteiger charge is -2.18. The summed E-state index contributed by atoms with van der Waals surface area (Å²) in [4.78, 5) is 4.41. The van der Waals surface area contributed by atoms with Crippen LogP contribution in [0.25, 0.3) is 0 Å². The molecular weight excluding hydrogens is 347 g/mol. The van der Waals surface area contributed by atoms with Crippen LogP contribution in [0.5, 0.6) is 0 Å². The summed E-state index contributed by atoms with van der Waals surface area (Å²) in [6.07, 6.45) is 2.51. The highest BCUT2D eigenvalue weighted by molar-refractivity contribution is 9.10. The molecule has 1 N–H and O–H groups in total. The van der Waals surface area contributed by atoms with Crippen molar-refractivity contribution in [2.24, 2.45) is 0 Å². The van der Waals surface area contributed by atoms with Crippen molar-refractivity contribution < 1.29 is 0 Å². The molecule has 2 nitrogen and oxygen atoms in total. The molecule has 1 unspecified atom stereocenters. The predicted molar refractivity (Wildman–Crippen MR) is 83.9 cm³/mol. The van der Waals surface area contributed by atoms with Crippen LogP contribution in [0.15, 0.2) is 41.0 Å². The van der Waals surface area contributed by atoms with E-state index in [1.165, 1.54) is 0 Å². The van der Waals surface area contributed by atoms with Crippen molar-refractivity contribution in [1.82, 2.24) is 10.3 Å². The highest BCUT2D eigenvalue weighted by atomic mass is 79.9. The van der Waals surface area contributed by atoms with E-state index >= 15 is 0 Å². The van der Waals surface area contributed by atoms with Gasteiger partial charge in [0, 0.05) is 20.7 Å². The van der Waals surface area contributed by atoms with Gasteiger partial charge in [-0.05, 0) is 65.3 Å². The van der Waals surface area contributed by atoms with Crippen LogP contribution in [0.3, 0.4) is 0 Å². The summed E-state index contributed by atoms with van der Waals surface area (Å²) in [6, 6.07) is 9.45. The number of hydrogen-bond acceptors (Lipinski definition) is 2. The van der Waals surface area contributed by atoms with E-state index in [0.717, 1.165) is 27.2 Å². The van der Waals surface area contributed by atoms with E-state index in [1.807, 2.05) is 31.3 Å². The third kappa shape index (κ3) is 3.69. The lowest BCUT2D eigenvalue weighted by Crippen LogP contribution is -2.20. The summed E-state index contributed by atoms with van der Waals surface area (Å²) in [5.41, 5.74) is 1.96. The van der Waals surface area contributed by atoms with Crippen molar-refractivity contribution in [1.29, 1.82) is 0 Å². The van der Waals surface area contributed by atoms with Crippen LogP contribution in [-0.4, -0.2) is 12.0 Å². The zero-order chi connectivity index (χ0) is 13.8. The largest absolute Gasteiger partial charge is 0.311 e. The fourth-order valence-corrected chi connectivity index (χ4v) is 2.83. The summed E-state index contributed by atoms with van der Waals surface area (Å²) in [5, 5.41) is 4.67. The quantitative estimate of drug-likeness (QED) is 0.859. The van der Waals surface area contributed by atoms with Crippen LogP contribution in [0.2, 0.25) is 10.0 Å². The lowest BCUT2D eigenvalue weighted by atomic mass is 10.0. The molecular formula is C14H13BrCl2N2. The van der Waals surface area contributed by atoms with Gasteiger partial charge in [0.05, 0.1) is 11.7 Å². The first-order valence-corrected chi connectivity index (χ1v) is 7.38. The molecule has 1 atom stereocenters. The molecule has 2 rings (SSSR count). The third-order valence-electron chi connectivity index (χ3n) is 2.90. The molecule has 5 heteroatoms. The van der Waals surface area contributed by atoms with Gasteiger partial charge >= 0.3 is 0 Å². The van der Waals surface area contributed by atoms with Crippen molar-refractivity contribution in [2.45, 2.75) is 12.5 Å². The second kappa shape index (κ2) is 6.71. The van der Waals surface area contributed by atoms with E-state index in [9.17, 15) is 0 Å². The van der Waals surface area contributed by atoms with E-state index < -0.39 is 0 Å². The molecule has 0 aliphatic heterocycles. The standard InChI is InChI=1S/C14H13BrCl2N2/c1-18-13(14-11(15)3-2-6-19-14)8-9-7-10(16)4-5-12(9)17/h2-7,13,18H,8H2,1H3. The minimum atomic E-state index is 0.0755. The number of rotatable bonds is 4. The molecule has 2 aromatic rings. The Labute approximate surface area is 131 Å². The number of benzene rings is 1. The van der Waals surface area contributed by atoms with Gasteiger partial charge in [-0.3, -0.25) is 4.98 Å². The molecule has 1 aromatic carbocycles. The third-order valence-corrected chi connectivity index (χ3v) is 4.17. The Bertz CT molecular complexity index is 575. The average molecular weight is 360 g/mol. The number of likely N-dealkylation sites (N-methyl/N-ethyl adjacent to an activating group) is 1. The Morgan fingerprint density at radius 3 is 2.79 bits per heavy atom. The van der Waals surface area contributed by atoms with E-state index in [-0.39, 0.29) is 6.04 Å². The summed E-state index contributed by atoms with van der Waals surface area (Å²) in [7, 11) is 1.91. The van der Waals surface area contributed by atoms with Gasteiger partial charge in [-0.15, -0.1) is 0 Å². The summed E-state index contributed by atoms with van der Waals surface area (Å²) in [6.45, 7) is 0. The molecule has 100 valence electrons. The van der Waals surface area contributed by atoms with Crippen molar-refractivity contribution in [2.75, 3.05) is 7.05 Å². The average Bonchev–Trinajstić information content (AvgIpc) is 2.41. The number of halogens is 3.